The molecule has 0 aliphatic carbocycles. The average molecular weight is 383 g/mol. The fourth-order valence-electron chi connectivity index (χ4n) is 1.36. The van der Waals surface area contributed by atoms with E-state index in [-0.39, 0.29) is 11.8 Å². The number of nitrogens with one attached hydrogen (secondary N) is 1. The van der Waals surface area contributed by atoms with Gasteiger partial charge in [-0.05, 0) is 29.5 Å². The molecule has 0 atom stereocenters. The molecule has 0 fully saturated rings. The maximum Gasteiger partial charge on any atom is 0.433 e. The van der Waals surface area contributed by atoms with Gasteiger partial charge in [-0.25, -0.2) is 9.67 Å². The van der Waals surface area contributed by atoms with Crippen LogP contribution >= 0.6 is 22.6 Å². The van der Waals surface area contributed by atoms with E-state index < -0.39 is 11.9 Å². The van der Waals surface area contributed by atoms with Crippen LogP contribution in [0, 0.1) is 3.57 Å². The molecule has 5 nitrogen and oxygen atoms in total. The van der Waals surface area contributed by atoms with Crippen LogP contribution in [0.5, 0.6) is 0 Å². The second-order valence-corrected chi connectivity index (χ2v) is 4.81. The monoisotopic (exact) mass is 383 g/mol. The summed E-state index contributed by atoms with van der Waals surface area (Å²) in [6.07, 6.45) is -1.41. The van der Waals surface area contributed by atoms with Gasteiger partial charge in [0.2, 0.25) is 5.95 Å². The topological polar surface area (TPSA) is 55.6 Å². The van der Waals surface area contributed by atoms with Gasteiger partial charge in [-0.2, -0.15) is 23.3 Å². The molecular formula is C10H9F3IN5. The van der Waals surface area contributed by atoms with Gasteiger partial charge in [0.1, 0.15) is 0 Å². The van der Waals surface area contributed by atoms with Crippen molar-refractivity contribution < 1.29 is 13.2 Å². The third-order valence-electron chi connectivity index (χ3n) is 2.12. The maximum atomic E-state index is 12.8. The molecule has 0 bridgehead atoms. The molecule has 2 rings (SSSR count). The molecule has 0 amide bonds. The lowest BCUT2D eigenvalue weighted by molar-refractivity contribution is -0.141. The fourth-order valence-corrected chi connectivity index (χ4v) is 1.75. The van der Waals surface area contributed by atoms with E-state index in [9.17, 15) is 13.2 Å². The van der Waals surface area contributed by atoms with E-state index in [2.05, 4.69) is 20.4 Å². The number of aromatic nitrogens is 4. The Morgan fingerprint density at radius 2 is 2.11 bits per heavy atom. The molecule has 1 N–H and O–H groups in total. The molecular weight excluding hydrogens is 374 g/mol. The standard InChI is InChI=1S/C10H9F3IN5/c1-2-15-9-17-7(10(11,12)13)3-8(18-9)19-5-6(14)4-16-19/h3-5H,2H2,1H3,(H,15,17,18). The Bertz CT molecular complexity index is 581. The first-order valence-corrected chi connectivity index (χ1v) is 6.38. The first kappa shape index (κ1) is 14.0. The molecule has 2 heterocycles. The van der Waals surface area contributed by atoms with Crippen LogP contribution in [0.1, 0.15) is 12.6 Å². The van der Waals surface area contributed by atoms with Gasteiger partial charge in [-0.3, -0.25) is 0 Å². The lowest BCUT2D eigenvalue weighted by atomic mass is 10.4. The third kappa shape index (κ3) is 3.33. The molecule has 0 unspecified atom stereocenters. The second-order valence-electron chi connectivity index (χ2n) is 3.57. The number of alkyl halides is 3. The van der Waals surface area contributed by atoms with Crippen LogP contribution in [0.3, 0.4) is 0 Å². The Balaban J connectivity index is 2.51. The molecule has 0 saturated heterocycles. The maximum absolute atomic E-state index is 12.8. The first-order valence-electron chi connectivity index (χ1n) is 5.31. The van der Waals surface area contributed by atoms with E-state index in [0.29, 0.717) is 6.54 Å². The minimum Gasteiger partial charge on any atom is -0.354 e. The lowest BCUT2D eigenvalue weighted by Gasteiger charge is -2.10. The van der Waals surface area contributed by atoms with Crippen molar-refractivity contribution in [1.29, 1.82) is 0 Å². The van der Waals surface area contributed by atoms with E-state index in [1.807, 2.05) is 22.6 Å². The molecule has 0 aliphatic heterocycles. The fraction of sp³-hybridized carbons (Fsp3) is 0.300. The van der Waals surface area contributed by atoms with Crippen molar-refractivity contribution in [1.82, 2.24) is 19.7 Å². The van der Waals surface area contributed by atoms with Crippen molar-refractivity contribution >= 4 is 28.5 Å². The van der Waals surface area contributed by atoms with Crippen LogP contribution in [0.4, 0.5) is 19.1 Å². The van der Waals surface area contributed by atoms with Crippen molar-refractivity contribution in [3.05, 3.63) is 27.7 Å². The minimum atomic E-state index is -4.53. The number of rotatable bonds is 3. The molecule has 0 spiro atoms. The average Bonchev–Trinajstić information content (AvgIpc) is 2.75. The summed E-state index contributed by atoms with van der Waals surface area (Å²) in [7, 11) is 0. The van der Waals surface area contributed by atoms with Gasteiger partial charge in [-0.1, -0.05) is 0 Å². The summed E-state index contributed by atoms with van der Waals surface area (Å²) in [4.78, 5) is 7.43. The Morgan fingerprint density at radius 1 is 1.37 bits per heavy atom. The molecule has 2 aromatic rings. The summed E-state index contributed by atoms with van der Waals surface area (Å²) in [6, 6.07) is 0.865. The van der Waals surface area contributed by atoms with Crippen LogP contribution in [0.25, 0.3) is 5.82 Å². The Labute approximate surface area is 120 Å². The normalized spacial score (nSPS) is 11.6. The Hall–Kier alpha value is -1.39. The highest BCUT2D eigenvalue weighted by atomic mass is 127. The van der Waals surface area contributed by atoms with E-state index in [1.165, 1.54) is 10.9 Å². The number of halogens is 4. The SMILES string of the molecule is CCNc1nc(-n2cc(I)cn2)cc(C(F)(F)F)n1. The third-order valence-corrected chi connectivity index (χ3v) is 2.68. The van der Waals surface area contributed by atoms with E-state index in [1.54, 1.807) is 13.1 Å². The van der Waals surface area contributed by atoms with Crippen LogP contribution < -0.4 is 5.32 Å². The van der Waals surface area contributed by atoms with E-state index in [0.717, 1.165) is 9.64 Å². The molecule has 0 aliphatic rings. The number of nitrogens with zero attached hydrogens (tertiary/aromatic N) is 4. The summed E-state index contributed by atoms with van der Waals surface area (Å²) in [5.74, 6) is -0.000904. The minimum absolute atomic E-state index is 0.0705. The highest BCUT2D eigenvalue weighted by Gasteiger charge is 2.34. The summed E-state index contributed by atoms with van der Waals surface area (Å²) in [5, 5.41) is 6.61. The van der Waals surface area contributed by atoms with Gasteiger partial charge < -0.3 is 5.32 Å². The molecule has 9 heteroatoms. The van der Waals surface area contributed by atoms with Gasteiger partial charge >= 0.3 is 6.18 Å². The van der Waals surface area contributed by atoms with Crippen molar-refractivity contribution in [3.63, 3.8) is 0 Å². The summed E-state index contributed by atoms with van der Waals surface area (Å²) in [5.41, 5.74) is -1.00. The van der Waals surface area contributed by atoms with Gasteiger partial charge in [-0.15, -0.1) is 0 Å². The van der Waals surface area contributed by atoms with Crippen molar-refractivity contribution in [2.45, 2.75) is 13.1 Å². The highest BCUT2D eigenvalue weighted by molar-refractivity contribution is 14.1. The molecule has 0 aromatic carbocycles. The molecule has 2 aromatic heterocycles. The molecule has 19 heavy (non-hydrogen) atoms. The number of hydrogen-bond donors (Lipinski definition) is 1. The van der Waals surface area contributed by atoms with E-state index in [4.69, 9.17) is 0 Å². The van der Waals surface area contributed by atoms with Gasteiger partial charge in [0.15, 0.2) is 11.5 Å². The van der Waals surface area contributed by atoms with Crippen molar-refractivity contribution in [2.75, 3.05) is 11.9 Å². The largest absolute Gasteiger partial charge is 0.433 e. The molecule has 0 saturated carbocycles. The summed E-state index contributed by atoms with van der Waals surface area (Å²) >= 11 is 2.01. The summed E-state index contributed by atoms with van der Waals surface area (Å²) < 4.78 is 40.4. The number of anilines is 1. The molecule has 102 valence electrons. The lowest BCUT2D eigenvalue weighted by Crippen LogP contribution is -2.14. The second kappa shape index (κ2) is 5.31. The zero-order valence-corrected chi connectivity index (χ0v) is 11.9. The Kier molecular flexibility index (Phi) is 3.92. The van der Waals surface area contributed by atoms with Gasteiger partial charge in [0.25, 0.3) is 0 Å². The van der Waals surface area contributed by atoms with E-state index >= 15 is 0 Å². The van der Waals surface area contributed by atoms with Crippen LogP contribution in [-0.2, 0) is 6.18 Å². The van der Waals surface area contributed by atoms with Crippen molar-refractivity contribution in [3.8, 4) is 5.82 Å². The smallest absolute Gasteiger partial charge is 0.354 e. The van der Waals surface area contributed by atoms with Crippen molar-refractivity contribution in [2.24, 2.45) is 0 Å². The Morgan fingerprint density at radius 3 is 2.63 bits per heavy atom. The zero-order chi connectivity index (χ0) is 14.0. The van der Waals surface area contributed by atoms with Crippen LogP contribution in [0.15, 0.2) is 18.5 Å². The van der Waals surface area contributed by atoms with Gasteiger partial charge in [0.05, 0.1) is 9.77 Å². The van der Waals surface area contributed by atoms with Crippen LogP contribution in [-0.4, -0.2) is 26.3 Å². The summed E-state index contributed by atoms with van der Waals surface area (Å²) in [6.45, 7) is 2.18. The van der Waals surface area contributed by atoms with Crippen LogP contribution in [0.2, 0.25) is 0 Å². The predicted molar refractivity (Wildman–Crippen MR) is 71.0 cm³/mol. The number of hydrogen-bond acceptors (Lipinski definition) is 4. The first-order chi connectivity index (χ1) is 8.90. The highest BCUT2D eigenvalue weighted by Crippen LogP contribution is 2.29. The molecule has 0 radical (unpaired) electrons. The zero-order valence-electron chi connectivity index (χ0n) is 9.74. The quantitative estimate of drug-likeness (QED) is 0.829. The predicted octanol–water partition coefficient (Wildman–Crippen LogP) is 2.72. The van der Waals surface area contributed by atoms with Gasteiger partial charge in [0, 0.05) is 18.8 Å².